The fraction of sp³-hybridized carbons (Fsp3) is 0.632. The van der Waals surface area contributed by atoms with Crippen molar-refractivity contribution in [2.75, 3.05) is 20.1 Å². The monoisotopic (exact) mass is 302 g/mol. The molecule has 1 fully saturated rings. The van der Waals surface area contributed by atoms with E-state index >= 15 is 0 Å². The number of aryl methyl sites for hydroxylation is 1. The fourth-order valence-corrected chi connectivity index (χ4v) is 3.69. The topological polar surface area (TPSA) is 46.3 Å². The van der Waals surface area contributed by atoms with E-state index in [1.165, 1.54) is 11.1 Å². The van der Waals surface area contributed by atoms with Gasteiger partial charge in [-0.15, -0.1) is 0 Å². The van der Waals surface area contributed by atoms with Crippen LogP contribution in [0.3, 0.4) is 0 Å². The summed E-state index contributed by atoms with van der Waals surface area (Å²) < 4.78 is 0. The Morgan fingerprint density at radius 1 is 1.27 bits per heavy atom. The van der Waals surface area contributed by atoms with E-state index in [-0.39, 0.29) is 17.2 Å². The third kappa shape index (κ3) is 3.70. The molecule has 0 saturated heterocycles. The van der Waals surface area contributed by atoms with Crippen LogP contribution in [0.5, 0.6) is 0 Å². The molecule has 0 bridgehead atoms. The van der Waals surface area contributed by atoms with E-state index in [4.69, 9.17) is 5.73 Å². The van der Waals surface area contributed by atoms with E-state index in [1.54, 1.807) is 0 Å². The van der Waals surface area contributed by atoms with Gasteiger partial charge in [0, 0.05) is 24.9 Å². The molecule has 1 aromatic rings. The number of benzene rings is 1. The van der Waals surface area contributed by atoms with Crippen molar-refractivity contribution < 1.29 is 4.79 Å². The predicted octanol–water partition coefficient (Wildman–Crippen LogP) is 3.11. The molecule has 122 valence electrons. The van der Waals surface area contributed by atoms with E-state index in [1.807, 2.05) is 11.9 Å². The maximum Gasteiger partial charge on any atom is 0.225 e. The van der Waals surface area contributed by atoms with Gasteiger partial charge in [-0.1, -0.05) is 50.1 Å². The number of nitrogens with two attached hydrogens (primary N) is 1. The number of rotatable bonds is 5. The number of likely N-dealkylation sites (N-methyl/N-ethyl adjacent to an activating group) is 1. The molecule has 2 N–H and O–H groups in total. The molecule has 0 aromatic heterocycles. The average molecular weight is 302 g/mol. The third-order valence-electron chi connectivity index (χ3n) is 5.12. The van der Waals surface area contributed by atoms with Crippen LogP contribution in [-0.4, -0.2) is 30.9 Å². The molecule has 3 heteroatoms. The van der Waals surface area contributed by atoms with Crippen molar-refractivity contribution in [3.05, 3.63) is 35.4 Å². The number of nitrogens with zero attached hydrogens (tertiary/aromatic N) is 1. The zero-order chi connectivity index (χ0) is 16.3. The third-order valence-corrected chi connectivity index (χ3v) is 5.12. The quantitative estimate of drug-likeness (QED) is 0.908. The highest BCUT2D eigenvalue weighted by molar-refractivity contribution is 5.79. The lowest BCUT2D eigenvalue weighted by Crippen LogP contribution is -2.42. The summed E-state index contributed by atoms with van der Waals surface area (Å²) in [7, 11) is 1.93. The van der Waals surface area contributed by atoms with Crippen molar-refractivity contribution in [2.24, 2.45) is 17.6 Å². The zero-order valence-corrected chi connectivity index (χ0v) is 14.4. The van der Waals surface area contributed by atoms with Crippen molar-refractivity contribution in [1.29, 1.82) is 0 Å². The molecule has 2 atom stereocenters. The first-order chi connectivity index (χ1) is 10.3. The van der Waals surface area contributed by atoms with Gasteiger partial charge >= 0.3 is 0 Å². The Morgan fingerprint density at radius 3 is 2.50 bits per heavy atom. The lowest BCUT2D eigenvalue weighted by molar-refractivity contribution is -0.136. The summed E-state index contributed by atoms with van der Waals surface area (Å²) in [6.45, 7) is 7.88. The van der Waals surface area contributed by atoms with E-state index in [0.717, 1.165) is 25.8 Å². The van der Waals surface area contributed by atoms with E-state index in [9.17, 15) is 4.79 Å². The van der Waals surface area contributed by atoms with Crippen LogP contribution in [0.2, 0.25) is 0 Å². The first-order valence-electron chi connectivity index (χ1n) is 8.37. The largest absolute Gasteiger partial charge is 0.345 e. The molecule has 0 unspecified atom stereocenters. The molecule has 22 heavy (non-hydrogen) atoms. The minimum atomic E-state index is -0.0467. The minimum Gasteiger partial charge on any atom is -0.345 e. The maximum atomic E-state index is 12.7. The molecule has 0 aliphatic heterocycles. The van der Waals surface area contributed by atoms with Crippen LogP contribution < -0.4 is 5.73 Å². The summed E-state index contributed by atoms with van der Waals surface area (Å²) in [5, 5.41) is 0. The smallest absolute Gasteiger partial charge is 0.225 e. The molecule has 1 aliphatic carbocycles. The number of hydrogen-bond donors (Lipinski definition) is 1. The SMILES string of the molecule is Cc1ccc(C(C)(C)CN(C)C(=O)[C@@H]2CCC[C@@H]2CN)cc1. The Kier molecular flexibility index (Phi) is 5.28. The van der Waals surface area contributed by atoms with Crippen LogP contribution >= 0.6 is 0 Å². The second kappa shape index (κ2) is 6.82. The molecule has 1 aromatic carbocycles. The first kappa shape index (κ1) is 17.0. The molecule has 0 heterocycles. The standard InChI is InChI=1S/C19H30N2O/c1-14-8-10-16(11-9-14)19(2,3)13-21(4)18(22)17-7-5-6-15(17)12-20/h8-11,15,17H,5-7,12-13,20H2,1-4H3/t15-,17-/m1/s1. The summed E-state index contributed by atoms with van der Waals surface area (Å²) in [5.41, 5.74) is 8.32. The van der Waals surface area contributed by atoms with E-state index in [2.05, 4.69) is 45.0 Å². The van der Waals surface area contributed by atoms with Crippen molar-refractivity contribution >= 4 is 5.91 Å². The van der Waals surface area contributed by atoms with Crippen molar-refractivity contribution in [3.63, 3.8) is 0 Å². The molecule has 1 amide bonds. The van der Waals surface area contributed by atoms with Crippen LogP contribution in [0.15, 0.2) is 24.3 Å². The van der Waals surface area contributed by atoms with Gasteiger partial charge in [-0.3, -0.25) is 4.79 Å². The zero-order valence-electron chi connectivity index (χ0n) is 14.4. The van der Waals surface area contributed by atoms with Crippen LogP contribution in [-0.2, 0) is 10.2 Å². The van der Waals surface area contributed by atoms with Gasteiger partial charge in [-0.2, -0.15) is 0 Å². The van der Waals surface area contributed by atoms with Crippen molar-refractivity contribution in [2.45, 2.75) is 45.4 Å². The Morgan fingerprint density at radius 2 is 1.91 bits per heavy atom. The van der Waals surface area contributed by atoms with Gasteiger partial charge in [-0.05, 0) is 37.8 Å². The molecule has 3 nitrogen and oxygen atoms in total. The Balaban J connectivity index is 2.05. The fourth-order valence-electron chi connectivity index (χ4n) is 3.69. The molecular formula is C19H30N2O. The Hall–Kier alpha value is -1.35. The maximum absolute atomic E-state index is 12.7. The van der Waals surface area contributed by atoms with Crippen molar-refractivity contribution in [1.82, 2.24) is 4.90 Å². The Labute approximate surface area is 134 Å². The number of amides is 1. The van der Waals surface area contributed by atoms with E-state index < -0.39 is 0 Å². The molecule has 1 aliphatic rings. The second-order valence-electron chi connectivity index (χ2n) is 7.48. The summed E-state index contributed by atoms with van der Waals surface area (Å²) in [5.74, 6) is 0.773. The van der Waals surface area contributed by atoms with Gasteiger partial charge < -0.3 is 10.6 Å². The Bertz CT molecular complexity index is 507. The normalized spacial score (nSPS) is 21.9. The van der Waals surface area contributed by atoms with Gasteiger partial charge in [0.2, 0.25) is 5.91 Å². The summed E-state index contributed by atoms with van der Waals surface area (Å²) in [6.07, 6.45) is 3.23. The predicted molar refractivity (Wildman–Crippen MR) is 91.7 cm³/mol. The van der Waals surface area contributed by atoms with Gasteiger partial charge in [-0.25, -0.2) is 0 Å². The summed E-state index contributed by atoms with van der Waals surface area (Å²) in [4.78, 5) is 14.7. The lowest BCUT2D eigenvalue weighted by atomic mass is 9.83. The van der Waals surface area contributed by atoms with Gasteiger partial charge in [0.05, 0.1) is 0 Å². The molecule has 1 saturated carbocycles. The number of hydrogen-bond acceptors (Lipinski definition) is 2. The first-order valence-corrected chi connectivity index (χ1v) is 8.37. The van der Waals surface area contributed by atoms with Crippen LogP contribution in [0.4, 0.5) is 0 Å². The van der Waals surface area contributed by atoms with E-state index in [0.29, 0.717) is 12.5 Å². The number of carbonyl (C=O) groups is 1. The summed E-state index contributed by atoms with van der Waals surface area (Å²) in [6, 6.07) is 8.62. The minimum absolute atomic E-state index is 0.0467. The second-order valence-corrected chi connectivity index (χ2v) is 7.48. The highest BCUT2D eigenvalue weighted by atomic mass is 16.2. The van der Waals surface area contributed by atoms with Crippen LogP contribution in [0.25, 0.3) is 0 Å². The molecule has 2 rings (SSSR count). The lowest BCUT2D eigenvalue weighted by Gasteiger charge is -2.33. The highest BCUT2D eigenvalue weighted by Crippen LogP contribution is 2.33. The molecule has 0 radical (unpaired) electrons. The van der Waals surface area contributed by atoms with Crippen LogP contribution in [0, 0.1) is 18.8 Å². The highest BCUT2D eigenvalue weighted by Gasteiger charge is 2.35. The van der Waals surface area contributed by atoms with Gasteiger partial charge in [0.1, 0.15) is 0 Å². The van der Waals surface area contributed by atoms with Crippen molar-refractivity contribution in [3.8, 4) is 0 Å². The van der Waals surface area contributed by atoms with Gasteiger partial charge in [0.25, 0.3) is 0 Å². The molecule has 0 spiro atoms. The van der Waals surface area contributed by atoms with Crippen LogP contribution in [0.1, 0.15) is 44.2 Å². The van der Waals surface area contributed by atoms with Gasteiger partial charge in [0.15, 0.2) is 0 Å². The number of carbonyl (C=O) groups excluding carboxylic acids is 1. The average Bonchev–Trinajstić information content (AvgIpc) is 2.94. The summed E-state index contributed by atoms with van der Waals surface area (Å²) >= 11 is 0. The molecular weight excluding hydrogens is 272 g/mol.